The zero-order valence-electron chi connectivity index (χ0n) is 16.0. The van der Waals surface area contributed by atoms with Gasteiger partial charge < -0.3 is 9.30 Å². The van der Waals surface area contributed by atoms with Crippen LogP contribution in [0, 0.1) is 0 Å². The molecule has 0 aliphatic carbocycles. The fourth-order valence-electron chi connectivity index (χ4n) is 4.17. The van der Waals surface area contributed by atoms with E-state index in [0.717, 1.165) is 5.75 Å². The number of methoxy groups -OCH3 is 1. The number of hydrogen-bond donors (Lipinski definition) is 0. The molecule has 2 nitrogen and oxygen atoms in total. The fourth-order valence-corrected chi connectivity index (χ4v) is 4.17. The summed E-state index contributed by atoms with van der Waals surface area (Å²) in [6, 6.07) is 32.1. The number of rotatable bonds is 3. The van der Waals surface area contributed by atoms with Gasteiger partial charge in [0, 0.05) is 28.9 Å². The lowest BCUT2D eigenvalue weighted by atomic mass is 9.90. The number of para-hydroxylation sites is 1. The van der Waals surface area contributed by atoms with Crippen molar-refractivity contribution < 1.29 is 4.74 Å². The van der Waals surface area contributed by atoms with Crippen molar-refractivity contribution in [2.75, 3.05) is 7.11 Å². The number of aryl methyl sites for hydroxylation is 1. The second-order valence-electron chi connectivity index (χ2n) is 7.05. The fraction of sp³-hybridized carbons (Fsp3) is 0.0769. The SMILES string of the molecule is COc1ccc(-c2ccc3c(c2-c2ccccc2)c2ccccc2n3C)cc1. The Hall–Kier alpha value is -3.52. The summed E-state index contributed by atoms with van der Waals surface area (Å²) in [4.78, 5) is 0. The van der Waals surface area contributed by atoms with Gasteiger partial charge in [0.15, 0.2) is 0 Å². The van der Waals surface area contributed by atoms with Crippen LogP contribution in [0.1, 0.15) is 0 Å². The summed E-state index contributed by atoms with van der Waals surface area (Å²) in [7, 11) is 3.85. The van der Waals surface area contributed by atoms with E-state index in [1.54, 1.807) is 7.11 Å². The molecule has 0 aliphatic rings. The van der Waals surface area contributed by atoms with Crippen LogP contribution in [0.15, 0.2) is 91.0 Å². The molecular formula is C26H21NO. The Kier molecular flexibility index (Phi) is 3.91. The van der Waals surface area contributed by atoms with Gasteiger partial charge in [-0.1, -0.05) is 66.7 Å². The minimum Gasteiger partial charge on any atom is -0.497 e. The second-order valence-corrected chi connectivity index (χ2v) is 7.05. The molecule has 1 heterocycles. The summed E-state index contributed by atoms with van der Waals surface area (Å²) < 4.78 is 7.63. The summed E-state index contributed by atoms with van der Waals surface area (Å²) in [5.41, 5.74) is 7.43. The highest BCUT2D eigenvalue weighted by atomic mass is 16.5. The van der Waals surface area contributed by atoms with Gasteiger partial charge in [-0.15, -0.1) is 0 Å². The standard InChI is InChI=1S/C26H21NO/c1-27-23-11-7-6-10-22(23)26-24(27)17-16-21(18-12-14-20(28-2)15-13-18)25(26)19-8-4-3-5-9-19/h3-17H,1-2H3. The van der Waals surface area contributed by atoms with Crippen molar-refractivity contribution in [2.24, 2.45) is 7.05 Å². The minimum absolute atomic E-state index is 0.872. The van der Waals surface area contributed by atoms with Crippen LogP contribution < -0.4 is 4.74 Å². The first-order valence-electron chi connectivity index (χ1n) is 9.48. The van der Waals surface area contributed by atoms with E-state index in [2.05, 4.69) is 90.5 Å². The monoisotopic (exact) mass is 363 g/mol. The van der Waals surface area contributed by atoms with Crippen molar-refractivity contribution in [1.82, 2.24) is 4.57 Å². The van der Waals surface area contributed by atoms with Gasteiger partial charge >= 0.3 is 0 Å². The van der Waals surface area contributed by atoms with E-state index < -0.39 is 0 Å². The number of hydrogen-bond acceptors (Lipinski definition) is 1. The number of aromatic nitrogens is 1. The van der Waals surface area contributed by atoms with Gasteiger partial charge in [0.2, 0.25) is 0 Å². The number of benzene rings is 4. The van der Waals surface area contributed by atoms with Gasteiger partial charge in [0.1, 0.15) is 5.75 Å². The molecule has 0 amide bonds. The third-order valence-electron chi connectivity index (χ3n) is 5.54. The van der Waals surface area contributed by atoms with Crippen LogP contribution >= 0.6 is 0 Å². The second kappa shape index (κ2) is 6.58. The first-order chi connectivity index (χ1) is 13.8. The molecule has 0 unspecified atom stereocenters. The largest absolute Gasteiger partial charge is 0.497 e. The molecule has 2 heteroatoms. The molecule has 0 N–H and O–H groups in total. The predicted molar refractivity (Wildman–Crippen MR) is 118 cm³/mol. The minimum atomic E-state index is 0.872. The van der Waals surface area contributed by atoms with E-state index in [1.165, 1.54) is 44.1 Å². The average Bonchev–Trinajstić information content (AvgIpc) is 3.06. The molecule has 0 radical (unpaired) electrons. The van der Waals surface area contributed by atoms with Crippen molar-refractivity contribution in [3.63, 3.8) is 0 Å². The predicted octanol–water partition coefficient (Wildman–Crippen LogP) is 6.67. The molecule has 0 saturated carbocycles. The Morgan fingerprint density at radius 1 is 0.643 bits per heavy atom. The van der Waals surface area contributed by atoms with Crippen molar-refractivity contribution in [3.8, 4) is 28.0 Å². The van der Waals surface area contributed by atoms with Crippen LogP contribution in [-0.2, 0) is 7.05 Å². The Morgan fingerprint density at radius 2 is 1.36 bits per heavy atom. The molecule has 0 aliphatic heterocycles. The summed E-state index contributed by atoms with van der Waals surface area (Å²) in [6.45, 7) is 0. The van der Waals surface area contributed by atoms with Crippen molar-refractivity contribution in [2.45, 2.75) is 0 Å². The maximum absolute atomic E-state index is 5.35. The van der Waals surface area contributed by atoms with Crippen LogP contribution in [-0.4, -0.2) is 11.7 Å². The lowest BCUT2D eigenvalue weighted by molar-refractivity contribution is 0.415. The smallest absolute Gasteiger partial charge is 0.118 e. The molecule has 5 rings (SSSR count). The van der Waals surface area contributed by atoms with Crippen LogP contribution in [0.2, 0.25) is 0 Å². The van der Waals surface area contributed by atoms with Crippen molar-refractivity contribution >= 4 is 21.8 Å². The first-order valence-corrected chi connectivity index (χ1v) is 9.48. The van der Waals surface area contributed by atoms with Crippen molar-refractivity contribution in [3.05, 3.63) is 91.0 Å². The summed E-state index contributed by atoms with van der Waals surface area (Å²) in [5, 5.41) is 2.59. The Labute approximate surface area is 164 Å². The zero-order valence-corrected chi connectivity index (χ0v) is 16.0. The molecule has 0 spiro atoms. The summed E-state index contributed by atoms with van der Waals surface area (Å²) >= 11 is 0. The van der Waals surface area contributed by atoms with Crippen LogP contribution in [0.5, 0.6) is 5.75 Å². The zero-order chi connectivity index (χ0) is 19.1. The molecule has 5 aromatic rings. The molecule has 136 valence electrons. The van der Waals surface area contributed by atoms with E-state index in [-0.39, 0.29) is 0 Å². The number of ether oxygens (including phenoxy) is 1. The molecule has 0 bridgehead atoms. The van der Waals surface area contributed by atoms with Gasteiger partial charge in [-0.2, -0.15) is 0 Å². The average molecular weight is 363 g/mol. The molecule has 0 fully saturated rings. The summed E-state index contributed by atoms with van der Waals surface area (Å²) in [5.74, 6) is 0.872. The molecule has 1 aromatic heterocycles. The summed E-state index contributed by atoms with van der Waals surface area (Å²) in [6.07, 6.45) is 0. The number of nitrogens with zero attached hydrogens (tertiary/aromatic N) is 1. The highest BCUT2D eigenvalue weighted by Crippen LogP contribution is 2.42. The molecular weight excluding hydrogens is 342 g/mol. The lowest BCUT2D eigenvalue weighted by Gasteiger charge is -2.13. The van der Waals surface area contributed by atoms with E-state index in [9.17, 15) is 0 Å². The molecule has 0 atom stereocenters. The number of fused-ring (bicyclic) bond motifs is 3. The van der Waals surface area contributed by atoms with E-state index in [1.807, 2.05) is 12.1 Å². The van der Waals surface area contributed by atoms with E-state index in [0.29, 0.717) is 0 Å². The third-order valence-corrected chi connectivity index (χ3v) is 5.54. The maximum atomic E-state index is 5.35. The Balaban J connectivity index is 1.92. The van der Waals surface area contributed by atoms with E-state index in [4.69, 9.17) is 4.74 Å². The van der Waals surface area contributed by atoms with Gasteiger partial charge in [-0.05, 0) is 46.5 Å². The lowest BCUT2D eigenvalue weighted by Crippen LogP contribution is -1.90. The Morgan fingerprint density at radius 3 is 2.11 bits per heavy atom. The van der Waals surface area contributed by atoms with Crippen LogP contribution in [0.4, 0.5) is 0 Å². The molecule has 4 aromatic carbocycles. The highest BCUT2D eigenvalue weighted by molar-refractivity contribution is 6.17. The van der Waals surface area contributed by atoms with Crippen molar-refractivity contribution in [1.29, 1.82) is 0 Å². The van der Waals surface area contributed by atoms with Gasteiger partial charge in [-0.3, -0.25) is 0 Å². The van der Waals surface area contributed by atoms with Gasteiger partial charge in [0.25, 0.3) is 0 Å². The quantitative estimate of drug-likeness (QED) is 0.349. The van der Waals surface area contributed by atoms with Crippen LogP contribution in [0.3, 0.4) is 0 Å². The van der Waals surface area contributed by atoms with E-state index >= 15 is 0 Å². The third kappa shape index (κ3) is 2.49. The maximum Gasteiger partial charge on any atom is 0.118 e. The molecule has 28 heavy (non-hydrogen) atoms. The Bertz CT molecular complexity index is 1280. The van der Waals surface area contributed by atoms with Crippen LogP contribution in [0.25, 0.3) is 44.1 Å². The van der Waals surface area contributed by atoms with Gasteiger partial charge in [0.05, 0.1) is 7.11 Å². The highest BCUT2D eigenvalue weighted by Gasteiger charge is 2.17. The topological polar surface area (TPSA) is 14.2 Å². The van der Waals surface area contributed by atoms with Gasteiger partial charge in [-0.25, -0.2) is 0 Å². The molecule has 0 saturated heterocycles. The first kappa shape index (κ1) is 16.6. The normalized spacial score (nSPS) is 11.2.